The number of amides is 1. The molecule has 0 saturated carbocycles. The largest absolute Gasteiger partial charge is 0.462 e. The molecule has 0 spiro atoms. The first-order chi connectivity index (χ1) is 10.5. The van der Waals surface area contributed by atoms with Crippen LogP contribution in [0.5, 0.6) is 5.88 Å². The van der Waals surface area contributed by atoms with Gasteiger partial charge in [-0.15, -0.1) is 0 Å². The van der Waals surface area contributed by atoms with Crippen molar-refractivity contribution in [3.63, 3.8) is 0 Å². The number of H-pyrrole nitrogens is 1. The van der Waals surface area contributed by atoms with Gasteiger partial charge in [-0.2, -0.15) is 4.98 Å². The van der Waals surface area contributed by atoms with E-state index < -0.39 is 40.4 Å². The zero-order valence-corrected chi connectivity index (χ0v) is 10.9. The quantitative estimate of drug-likeness (QED) is 0.622. The van der Waals surface area contributed by atoms with Gasteiger partial charge in [0.1, 0.15) is 5.82 Å². The van der Waals surface area contributed by atoms with Crippen molar-refractivity contribution in [2.45, 2.75) is 0 Å². The molecule has 1 aromatic carbocycles. The lowest BCUT2D eigenvalue weighted by molar-refractivity contribution is -0.387. The van der Waals surface area contributed by atoms with Crippen molar-refractivity contribution >= 4 is 17.3 Å². The van der Waals surface area contributed by atoms with Crippen LogP contribution in [-0.4, -0.2) is 27.4 Å². The Morgan fingerprint density at radius 2 is 2.09 bits per heavy atom. The summed E-state index contributed by atoms with van der Waals surface area (Å²) < 4.78 is 17.6. The van der Waals surface area contributed by atoms with Crippen molar-refractivity contribution in [3.05, 3.63) is 56.9 Å². The van der Waals surface area contributed by atoms with Crippen molar-refractivity contribution < 1.29 is 18.8 Å². The third-order valence-electron chi connectivity index (χ3n) is 2.45. The van der Waals surface area contributed by atoms with Gasteiger partial charge in [0.2, 0.25) is 0 Å². The maximum Gasteiger partial charge on any atom is 0.395 e. The van der Waals surface area contributed by atoms with E-state index in [-0.39, 0.29) is 0 Å². The highest BCUT2D eigenvalue weighted by Crippen LogP contribution is 2.17. The number of nitro groups is 1. The summed E-state index contributed by atoms with van der Waals surface area (Å²) in [6.45, 7) is -0.603. The SMILES string of the molecule is O=C(COc1nc[nH]c(=O)c1[N+](=O)[O-])Nc1ccc(F)cc1. The molecule has 0 aliphatic rings. The number of halogens is 1. The second-order valence-corrected chi connectivity index (χ2v) is 3.99. The van der Waals surface area contributed by atoms with Crippen LogP contribution in [0.25, 0.3) is 0 Å². The van der Waals surface area contributed by atoms with Gasteiger partial charge in [0, 0.05) is 5.69 Å². The number of carbonyl (C=O) groups is 1. The van der Waals surface area contributed by atoms with Crippen molar-refractivity contribution in [1.29, 1.82) is 0 Å². The Labute approximate surface area is 121 Å². The van der Waals surface area contributed by atoms with E-state index in [1.165, 1.54) is 12.1 Å². The molecule has 0 saturated heterocycles. The molecule has 1 aromatic heterocycles. The fourth-order valence-corrected chi connectivity index (χ4v) is 1.51. The average molecular weight is 308 g/mol. The molecule has 0 aliphatic carbocycles. The van der Waals surface area contributed by atoms with E-state index >= 15 is 0 Å². The number of anilines is 1. The predicted molar refractivity (Wildman–Crippen MR) is 72.0 cm³/mol. The van der Waals surface area contributed by atoms with Crippen molar-refractivity contribution in [1.82, 2.24) is 9.97 Å². The summed E-state index contributed by atoms with van der Waals surface area (Å²) in [5.41, 5.74) is -1.56. The van der Waals surface area contributed by atoms with Crippen LogP contribution in [0.3, 0.4) is 0 Å². The third kappa shape index (κ3) is 3.62. The Morgan fingerprint density at radius 3 is 2.73 bits per heavy atom. The summed E-state index contributed by atoms with van der Waals surface area (Å²) in [5, 5.41) is 13.1. The third-order valence-corrected chi connectivity index (χ3v) is 2.45. The van der Waals surface area contributed by atoms with Crippen molar-refractivity contribution in [2.75, 3.05) is 11.9 Å². The number of ether oxygens (including phenoxy) is 1. The van der Waals surface area contributed by atoms with Gasteiger partial charge in [-0.3, -0.25) is 19.7 Å². The van der Waals surface area contributed by atoms with Gasteiger partial charge in [0.25, 0.3) is 5.91 Å². The molecule has 1 heterocycles. The van der Waals surface area contributed by atoms with Crippen LogP contribution in [0.2, 0.25) is 0 Å². The molecule has 0 bridgehead atoms. The molecule has 2 aromatic rings. The highest BCUT2D eigenvalue weighted by atomic mass is 19.1. The Hall–Kier alpha value is -3.30. The molecule has 0 aliphatic heterocycles. The highest BCUT2D eigenvalue weighted by Gasteiger charge is 2.22. The lowest BCUT2D eigenvalue weighted by Gasteiger charge is -2.06. The molecule has 114 valence electrons. The van der Waals surface area contributed by atoms with Crippen molar-refractivity contribution in [3.8, 4) is 5.88 Å². The highest BCUT2D eigenvalue weighted by molar-refractivity contribution is 5.91. The smallest absolute Gasteiger partial charge is 0.395 e. The van der Waals surface area contributed by atoms with Gasteiger partial charge < -0.3 is 15.0 Å². The van der Waals surface area contributed by atoms with E-state index in [4.69, 9.17) is 4.74 Å². The van der Waals surface area contributed by atoms with Gasteiger partial charge in [-0.25, -0.2) is 4.39 Å². The lowest BCUT2D eigenvalue weighted by Crippen LogP contribution is -2.22. The van der Waals surface area contributed by atoms with Crippen LogP contribution in [0.1, 0.15) is 0 Å². The maximum atomic E-state index is 12.7. The lowest BCUT2D eigenvalue weighted by atomic mass is 10.3. The number of rotatable bonds is 5. The van der Waals surface area contributed by atoms with Gasteiger partial charge in [0.05, 0.1) is 11.3 Å². The minimum Gasteiger partial charge on any atom is -0.462 e. The molecular formula is C12H9FN4O5. The first-order valence-corrected chi connectivity index (χ1v) is 5.87. The summed E-state index contributed by atoms with van der Waals surface area (Å²) in [5.74, 6) is -1.68. The number of aromatic nitrogens is 2. The van der Waals surface area contributed by atoms with Gasteiger partial charge >= 0.3 is 17.1 Å². The predicted octanol–water partition coefficient (Wildman–Crippen LogP) is 0.835. The minimum atomic E-state index is -0.992. The molecule has 2 N–H and O–H groups in total. The number of aromatic amines is 1. The Kier molecular flexibility index (Phi) is 4.41. The molecule has 2 rings (SSSR count). The van der Waals surface area contributed by atoms with E-state index in [1.54, 1.807) is 0 Å². The normalized spacial score (nSPS) is 10.0. The number of nitrogens with one attached hydrogen (secondary N) is 2. The Bertz CT molecular complexity index is 759. The van der Waals surface area contributed by atoms with E-state index in [0.29, 0.717) is 5.69 Å². The van der Waals surface area contributed by atoms with Crippen LogP contribution in [0.4, 0.5) is 15.8 Å². The fraction of sp³-hybridized carbons (Fsp3) is 0.0833. The van der Waals surface area contributed by atoms with Gasteiger partial charge in [-0.1, -0.05) is 0 Å². The summed E-state index contributed by atoms with van der Waals surface area (Å²) in [6, 6.07) is 4.97. The topological polar surface area (TPSA) is 127 Å². The van der Waals surface area contributed by atoms with Crippen LogP contribution < -0.4 is 15.6 Å². The number of nitrogens with zero attached hydrogens (tertiary/aromatic N) is 2. The molecule has 10 heteroatoms. The molecule has 0 unspecified atom stereocenters. The number of carbonyl (C=O) groups excluding carboxylic acids is 1. The molecule has 0 fully saturated rings. The Morgan fingerprint density at radius 1 is 1.41 bits per heavy atom. The summed E-state index contributed by atoms with van der Waals surface area (Å²) in [7, 11) is 0. The molecular weight excluding hydrogens is 299 g/mol. The average Bonchev–Trinajstić information content (AvgIpc) is 2.47. The van der Waals surface area contributed by atoms with E-state index in [0.717, 1.165) is 18.5 Å². The summed E-state index contributed by atoms with van der Waals surface area (Å²) >= 11 is 0. The van der Waals surface area contributed by atoms with Crippen LogP contribution in [0.15, 0.2) is 35.4 Å². The van der Waals surface area contributed by atoms with E-state index in [9.17, 15) is 24.1 Å². The minimum absolute atomic E-state index is 0.323. The summed E-state index contributed by atoms with van der Waals surface area (Å²) in [4.78, 5) is 38.2. The Balaban J connectivity index is 2.03. The zero-order chi connectivity index (χ0) is 16.1. The maximum absolute atomic E-state index is 12.7. The first kappa shape index (κ1) is 15.1. The monoisotopic (exact) mass is 308 g/mol. The second-order valence-electron chi connectivity index (χ2n) is 3.99. The van der Waals surface area contributed by atoms with Crippen molar-refractivity contribution in [2.24, 2.45) is 0 Å². The summed E-state index contributed by atoms with van der Waals surface area (Å²) in [6.07, 6.45) is 0.919. The fourth-order valence-electron chi connectivity index (χ4n) is 1.51. The van der Waals surface area contributed by atoms with Gasteiger partial charge in [-0.05, 0) is 24.3 Å². The number of benzene rings is 1. The van der Waals surface area contributed by atoms with Gasteiger partial charge in [0.15, 0.2) is 6.61 Å². The second kappa shape index (κ2) is 6.43. The van der Waals surface area contributed by atoms with E-state index in [2.05, 4.69) is 10.3 Å². The van der Waals surface area contributed by atoms with Crippen LogP contribution >= 0.6 is 0 Å². The molecule has 22 heavy (non-hydrogen) atoms. The molecule has 9 nitrogen and oxygen atoms in total. The molecule has 0 radical (unpaired) electrons. The zero-order valence-electron chi connectivity index (χ0n) is 10.9. The standard InChI is InChI=1S/C12H9FN4O5/c13-7-1-3-8(4-2-7)16-9(18)5-22-12-10(17(20)21)11(19)14-6-15-12/h1-4,6H,5H2,(H,16,18)(H,14,15,19). The molecule has 1 amide bonds. The molecule has 0 atom stereocenters. The van der Waals surface area contributed by atoms with Crippen LogP contribution in [-0.2, 0) is 4.79 Å². The number of hydrogen-bond acceptors (Lipinski definition) is 6. The van der Waals surface area contributed by atoms with E-state index in [1.807, 2.05) is 4.98 Å². The van der Waals surface area contributed by atoms with Crippen LogP contribution in [0, 0.1) is 15.9 Å². The number of hydrogen-bond donors (Lipinski definition) is 2. The first-order valence-electron chi connectivity index (χ1n) is 5.87.